The lowest BCUT2D eigenvalue weighted by molar-refractivity contribution is 0.190. The zero-order chi connectivity index (χ0) is 17.9. The number of thiocarbonyl (C=S) groups is 1. The monoisotopic (exact) mass is 377 g/mol. The summed E-state index contributed by atoms with van der Waals surface area (Å²) in [6, 6.07) is 16.4. The average molecular weight is 377 g/mol. The molecule has 0 spiro atoms. The number of rotatable bonds is 4. The molecule has 2 aromatic rings. The Hall–Kier alpha value is -2.16. The van der Waals surface area contributed by atoms with Crippen molar-refractivity contribution in [3.63, 3.8) is 0 Å². The van der Waals surface area contributed by atoms with Gasteiger partial charge in [0.2, 0.25) is 0 Å². The molecule has 0 aromatic heterocycles. The fraction of sp³-hybridized carbons (Fsp3) is 0.235. The van der Waals surface area contributed by atoms with E-state index in [4.69, 9.17) is 12.2 Å². The van der Waals surface area contributed by atoms with Crippen molar-refractivity contribution >= 4 is 44.2 Å². The van der Waals surface area contributed by atoms with Crippen molar-refractivity contribution in [3.8, 4) is 0 Å². The van der Waals surface area contributed by atoms with Crippen LogP contribution in [-0.2, 0) is 9.84 Å². The van der Waals surface area contributed by atoms with E-state index < -0.39 is 22.0 Å². The van der Waals surface area contributed by atoms with Gasteiger partial charge in [-0.15, -0.1) is 0 Å². The van der Waals surface area contributed by atoms with Crippen LogP contribution in [0.25, 0.3) is 0 Å². The number of sulfone groups is 1. The van der Waals surface area contributed by atoms with Crippen LogP contribution in [0.2, 0.25) is 0 Å². The number of aliphatic hydroxyl groups is 1. The van der Waals surface area contributed by atoms with Gasteiger partial charge < -0.3 is 21.1 Å². The standard InChI is InChI=1S/C17H19N3O3S2/c21-16-11-25(22,23)10-15(16)18-13-6-8-14(9-7-13)20-17(24)19-12-4-2-1-3-5-12/h1-9,15-16,18,21H,10-11H2,(H2,19,20,24)/t15-,16+/m0/s1. The molecule has 0 unspecified atom stereocenters. The van der Waals surface area contributed by atoms with E-state index in [1.54, 1.807) is 0 Å². The van der Waals surface area contributed by atoms with Crippen LogP contribution in [0.4, 0.5) is 17.1 Å². The molecule has 8 heteroatoms. The van der Waals surface area contributed by atoms with E-state index in [1.807, 2.05) is 54.6 Å². The van der Waals surface area contributed by atoms with E-state index in [0.717, 1.165) is 17.1 Å². The summed E-state index contributed by atoms with van der Waals surface area (Å²) < 4.78 is 23.1. The quantitative estimate of drug-likeness (QED) is 0.607. The zero-order valence-electron chi connectivity index (χ0n) is 13.3. The number of benzene rings is 2. The highest BCUT2D eigenvalue weighted by atomic mass is 32.2. The number of hydrogen-bond acceptors (Lipinski definition) is 5. The van der Waals surface area contributed by atoms with Crippen LogP contribution in [0.1, 0.15) is 0 Å². The van der Waals surface area contributed by atoms with Gasteiger partial charge in [-0.25, -0.2) is 8.42 Å². The van der Waals surface area contributed by atoms with Crippen LogP contribution in [0.15, 0.2) is 54.6 Å². The first kappa shape index (κ1) is 17.7. The Bertz CT molecular complexity index is 839. The normalized spacial score (nSPS) is 21.5. The third-order valence-electron chi connectivity index (χ3n) is 3.85. The highest BCUT2D eigenvalue weighted by Gasteiger charge is 2.36. The molecule has 6 nitrogen and oxygen atoms in total. The Morgan fingerprint density at radius 2 is 1.48 bits per heavy atom. The van der Waals surface area contributed by atoms with Gasteiger partial charge in [0, 0.05) is 17.1 Å². The van der Waals surface area contributed by atoms with Crippen LogP contribution in [0, 0.1) is 0 Å². The molecule has 25 heavy (non-hydrogen) atoms. The molecule has 2 aromatic carbocycles. The van der Waals surface area contributed by atoms with Gasteiger partial charge in [-0.05, 0) is 48.6 Å². The van der Waals surface area contributed by atoms with Crippen LogP contribution in [0.5, 0.6) is 0 Å². The zero-order valence-corrected chi connectivity index (χ0v) is 15.0. The lowest BCUT2D eigenvalue weighted by atomic mass is 10.2. The van der Waals surface area contributed by atoms with E-state index in [1.165, 1.54) is 0 Å². The molecule has 3 rings (SSSR count). The van der Waals surface area contributed by atoms with Crippen molar-refractivity contribution in [1.29, 1.82) is 0 Å². The summed E-state index contributed by atoms with van der Waals surface area (Å²) >= 11 is 5.27. The summed E-state index contributed by atoms with van der Waals surface area (Å²) in [6.45, 7) is 0. The highest BCUT2D eigenvalue weighted by molar-refractivity contribution is 7.91. The lowest BCUT2D eigenvalue weighted by Crippen LogP contribution is -2.31. The lowest BCUT2D eigenvalue weighted by Gasteiger charge is -2.17. The second-order valence-electron chi connectivity index (χ2n) is 5.92. The molecule has 4 N–H and O–H groups in total. The summed E-state index contributed by atoms with van der Waals surface area (Å²) in [7, 11) is -3.17. The largest absolute Gasteiger partial charge is 0.390 e. The SMILES string of the molecule is O=S1(=O)C[C@@H](O)[C@@H](Nc2ccc(NC(=S)Nc3ccccc3)cc2)C1. The molecule has 1 saturated heterocycles. The van der Waals surface area contributed by atoms with Gasteiger partial charge in [0.15, 0.2) is 14.9 Å². The van der Waals surface area contributed by atoms with Gasteiger partial charge in [-0.1, -0.05) is 18.2 Å². The van der Waals surface area contributed by atoms with Crippen molar-refractivity contribution < 1.29 is 13.5 Å². The molecule has 2 atom stereocenters. The van der Waals surface area contributed by atoms with E-state index in [-0.39, 0.29) is 11.5 Å². The summed E-state index contributed by atoms with van der Waals surface area (Å²) in [5, 5.41) is 19.5. The van der Waals surface area contributed by atoms with Crippen LogP contribution in [-0.4, -0.2) is 42.3 Å². The Labute approximate surface area is 152 Å². The minimum Gasteiger partial charge on any atom is -0.390 e. The van der Waals surface area contributed by atoms with Crippen LogP contribution >= 0.6 is 12.2 Å². The molecule has 1 fully saturated rings. The minimum atomic E-state index is -3.17. The first-order valence-electron chi connectivity index (χ1n) is 7.79. The molecule has 1 aliphatic heterocycles. The molecule has 0 aliphatic carbocycles. The van der Waals surface area contributed by atoms with Gasteiger partial charge in [0.05, 0.1) is 23.7 Å². The number of hydrogen-bond donors (Lipinski definition) is 4. The summed E-state index contributed by atoms with van der Waals surface area (Å²) in [6.07, 6.45) is -0.884. The highest BCUT2D eigenvalue weighted by Crippen LogP contribution is 2.20. The maximum atomic E-state index is 11.5. The molecule has 0 amide bonds. The first-order chi connectivity index (χ1) is 11.9. The predicted molar refractivity (Wildman–Crippen MR) is 105 cm³/mol. The fourth-order valence-corrected chi connectivity index (χ4v) is 4.62. The number of anilines is 3. The van der Waals surface area contributed by atoms with Gasteiger partial charge in [-0.3, -0.25) is 0 Å². The van der Waals surface area contributed by atoms with E-state index in [9.17, 15) is 13.5 Å². The summed E-state index contributed by atoms with van der Waals surface area (Å²) in [5.74, 6) is -0.247. The summed E-state index contributed by atoms with van der Waals surface area (Å²) in [4.78, 5) is 0. The second kappa shape index (κ2) is 7.38. The molecule has 0 radical (unpaired) electrons. The van der Waals surface area contributed by atoms with Gasteiger partial charge in [0.1, 0.15) is 0 Å². The fourth-order valence-electron chi connectivity index (χ4n) is 2.65. The van der Waals surface area contributed by atoms with E-state index >= 15 is 0 Å². The Morgan fingerprint density at radius 3 is 2.04 bits per heavy atom. The van der Waals surface area contributed by atoms with E-state index in [0.29, 0.717) is 5.11 Å². The molecular weight excluding hydrogens is 358 g/mol. The third-order valence-corrected chi connectivity index (χ3v) is 5.77. The Balaban J connectivity index is 1.56. The number of para-hydroxylation sites is 1. The maximum Gasteiger partial charge on any atom is 0.175 e. The number of nitrogens with one attached hydrogen (secondary N) is 3. The van der Waals surface area contributed by atoms with Crippen molar-refractivity contribution in [2.24, 2.45) is 0 Å². The van der Waals surface area contributed by atoms with Gasteiger partial charge in [0.25, 0.3) is 0 Å². The minimum absolute atomic E-state index is 0.0563. The van der Waals surface area contributed by atoms with Gasteiger partial charge in [-0.2, -0.15) is 0 Å². The third kappa shape index (κ3) is 4.91. The van der Waals surface area contributed by atoms with Gasteiger partial charge >= 0.3 is 0 Å². The first-order valence-corrected chi connectivity index (χ1v) is 10.0. The van der Waals surface area contributed by atoms with E-state index in [2.05, 4.69) is 16.0 Å². The predicted octanol–water partition coefficient (Wildman–Crippen LogP) is 2.07. The maximum absolute atomic E-state index is 11.5. The number of aliphatic hydroxyl groups excluding tert-OH is 1. The van der Waals surface area contributed by atoms with Crippen LogP contribution in [0.3, 0.4) is 0 Å². The Morgan fingerprint density at radius 1 is 0.920 bits per heavy atom. The molecule has 132 valence electrons. The molecule has 1 aliphatic rings. The Kier molecular flexibility index (Phi) is 5.22. The van der Waals surface area contributed by atoms with Crippen LogP contribution < -0.4 is 16.0 Å². The topological polar surface area (TPSA) is 90.5 Å². The molecular formula is C17H19N3O3S2. The second-order valence-corrected chi connectivity index (χ2v) is 8.48. The summed E-state index contributed by atoms with van der Waals surface area (Å²) in [5.41, 5.74) is 2.45. The van der Waals surface area contributed by atoms with Crippen molar-refractivity contribution in [2.75, 3.05) is 27.5 Å². The van der Waals surface area contributed by atoms with Crippen molar-refractivity contribution in [3.05, 3.63) is 54.6 Å². The molecule has 1 heterocycles. The molecule has 0 bridgehead atoms. The smallest absolute Gasteiger partial charge is 0.175 e. The van der Waals surface area contributed by atoms with Crippen molar-refractivity contribution in [1.82, 2.24) is 0 Å². The molecule has 0 saturated carbocycles. The average Bonchev–Trinajstić information content (AvgIpc) is 2.82. The van der Waals surface area contributed by atoms with Crippen molar-refractivity contribution in [2.45, 2.75) is 12.1 Å².